The van der Waals surface area contributed by atoms with Crippen molar-refractivity contribution in [1.29, 1.82) is 0 Å². The van der Waals surface area contributed by atoms with Crippen molar-refractivity contribution in [3.63, 3.8) is 0 Å². The third kappa shape index (κ3) is 4.70. The summed E-state index contributed by atoms with van der Waals surface area (Å²) in [4.78, 5) is 2.35. The minimum atomic E-state index is -3.39. The zero-order valence-corrected chi connectivity index (χ0v) is 13.4. The number of unbranched alkanes of at least 4 members (excludes halogenated alkanes) is 1. The molecule has 5 heteroatoms. The van der Waals surface area contributed by atoms with Crippen LogP contribution in [0.25, 0.3) is 0 Å². The Morgan fingerprint density at radius 2 is 1.45 bits per heavy atom. The summed E-state index contributed by atoms with van der Waals surface area (Å²) in [5.41, 5.74) is 2.35. The van der Waals surface area contributed by atoms with Gasteiger partial charge >= 0.3 is 0 Å². The van der Waals surface area contributed by atoms with E-state index >= 15 is 0 Å². The van der Waals surface area contributed by atoms with Gasteiger partial charge in [0.2, 0.25) is 10.0 Å². The van der Waals surface area contributed by atoms with E-state index in [1.165, 1.54) is 0 Å². The van der Waals surface area contributed by atoms with E-state index < -0.39 is 10.0 Å². The molecule has 0 aliphatic heterocycles. The van der Waals surface area contributed by atoms with Crippen LogP contribution in [0.15, 0.2) is 65.8 Å². The lowest BCUT2D eigenvalue weighted by atomic mass is 10.0. The Morgan fingerprint density at radius 3 is 1.91 bits per heavy atom. The summed E-state index contributed by atoms with van der Waals surface area (Å²) in [6.07, 6.45) is 1.45. The smallest absolute Gasteiger partial charge is 0.205 e. The molecule has 22 heavy (non-hydrogen) atoms. The van der Waals surface area contributed by atoms with Crippen LogP contribution in [0.1, 0.15) is 30.9 Å². The molecule has 0 saturated carbocycles. The maximum absolute atomic E-state index is 11.9. The van der Waals surface area contributed by atoms with Crippen LogP contribution in [0.5, 0.6) is 0 Å². The topological polar surface area (TPSA) is 58.5 Å². The van der Waals surface area contributed by atoms with Gasteiger partial charge in [-0.2, -0.15) is 5.10 Å². The highest BCUT2D eigenvalue weighted by Gasteiger charge is 2.11. The molecule has 116 valence electrons. The highest BCUT2D eigenvalue weighted by molar-refractivity contribution is 7.89. The van der Waals surface area contributed by atoms with Crippen molar-refractivity contribution in [1.82, 2.24) is 4.83 Å². The predicted molar refractivity (Wildman–Crippen MR) is 90.4 cm³/mol. The third-order valence-electron chi connectivity index (χ3n) is 3.16. The number of nitrogens with zero attached hydrogens (tertiary/aromatic N) is 1. The Bertz CT molecular complexity index is 669. The second-order valence-corrected chi connectivity index (χ2v) is 6.78. The second kappa shape index (κ2) is 7.75. The molecule has 0 amide bonds. The largest absolute Gasteiger partial charge is 0.247 e. The lowest BCUT2D eigenvalue weighted by Gasteiger charge is -2.09. The van der Waals surface area contributed by atoms with Gasteiger partial charge in [0.05, 0.1) is 11.5 Å². The maximum Gasteiger partial charge on any atom is 0.247 e. The first kappa shape index (κ1) is 16.2. The van der Waals surface area contributed by atoms with Gasteiger partial charge in [0.15, 0.2) is 0 Å². The summed E-state index contributed by atoms with van der Waals surface area (Å²) < 4.78 is 23.9. The minimum absolute atomic E-state index is 0.0872. The van der Waals surface area contributed by atoms with Crippen LogP contribution in [-0.2, 0) is 10.0 Å². The molecule has 2 aromatic rings. The zero-order valence-electron chi connectivity index (χ0n) is 12.6. The highest BCUT2D eigenvalue weighted by Crippen LogP contribution is 2.10. The molecule has 2 rings (SSSR count). The van der Waals surface area contributed by atoms with Crippen molar-refractivity contribution >= 4 is 15.7 Å². The van der Waals surface area contributed by atoms with Gasteiger partial charge in [-0.1, -0.05) is 74.0 Å². The summed E-state index contributed by atoms with van der Waals surface area (Å²) in [7, 11) is -3.39. The van der Waals surface area contributed by atoms with E-state index in [1.54, 1.807) is 0 Å². The van der Waals surface area contributed by atoms with E-state index in [0.29, 0.717) is 12.1 Å². The molecule has 0 bridgehead atoms. The first-order chi connectivity index (χ1) is 10.6. The van der Waals surface area contributed by atoms with Crippen LogP contribution in [0.4, 0.5) is 0 Å². The molecule has 2 aromatic carbocycles. The van der Waals surface area contributed by atoms with Crippen molar-refractivity contribution in [3.05, 3.63) is 71.8 Å². The summed E-state index contributed by atoms with van der Waals surface area (Å²) in [5, 5.41) is 4.17. The fraction of sp³-hybridized carbons (Fsp3) is 0.235. The summed E-state index contributed by atoms with van der Waals surface area (Å²) >= 11 is 0. The first-order valence-electron chi connectivity index (χ1n) is 7.30. The molecule has 0 atom stereocenters. The van der Waals surface area contributed by atoms with Crippen LogP contribution in [-0.4, -0.2) is 19.9 Å². The molecular formula is C17H20N2O2S. The molecule has 0 saturated heterocycles. The second-order valence-electron chi connectivity index (χ2n) is 4.96. The number of hydrazone groups is 1. The van der Waals surface area contributed by atoms with Crippen molar-refractivity contribution in [2.75, 3.05) is 5.75 Å². The van der Waals surface area contributed by atoms with Crippen LogP contribution in [0.3, 0.4) is 0 Å². The quantitative estimate of drug-likeness (QED) is 0.630. The van der Waals surface area contributed by atoms with Gasteiger partial charge in [0.25, 0.3) is 0 Å². The van der Waals surface area contributed by atoms with E-state index in [2.05, 4.69) is 9.93 Å². The molecule has 0 spiro atoms. The van der Waals surface area contributed by atoms with E-state index in [4.69, 9.17) is 0 Å². The van der Waals surface area contributed by atoms with Gasteiger partial charge < -0.3 is 0 Å². The molecule has 0 heterocycles. The summed E-state index contributed by atoms with van der Waals surface area (Å²) in [6.45, 7) is 1.96. The van der Waals surface area contributed by atoms with E-state index in [1.807, 2.05) is 67.6 Å². The fourth-order valence-electron chi connectivity index (χ4n) is 1.98. The SMILES string of the molecule is CCCCS(=O)(=O)NN=C(c1ccccc1)c1ccccc1. The van der Waals surface area contributed by atoms with E-state index in [-0.39, 0.29) is 5.75 Å². The molecule has 0 fully saturated rings. The summed E-state index contributed by atoms with van der Waals surface area (Å²) in [6, 6.07) is 19.1. The van der Waals surface area contributed by atoms with Crippen LogP contribution in [0, 0.1) is 0 Å². The van der Waals surface area contributed by atoms with Crippen molar-refractivity contribution in [2.24, 2.45) is 5.10 Å². The van der Waals surface area contributed by atoms with Crippen molar-refractivity contribution in [3.8, 4) is 0 Å². The Morgan fingerprint density at radius 1 is 0.955 bits per heavy atom. The van der Waals surface area contributed by atoms with Gasteiger partial charge in [0.1, 0.15) is 0 Å². The van der Waals surface area contributed by atoms with Gasteiger partial charge in [-0.05, 0) is 6.42 Å². The monoisotopic (exact) mass is 316 g/mol. The molecule has 1 N–H and O–H groups in total. The van der Waals surface area contributed by atoms with E-state index in [9.17, 15) is 8.42 Å². The molecule has 4 nitrogen and oxygen atoms in total. The third-order valence-corrected chi connectivity index (χ3v) is 4.35. The zero-order chi connectivity index (χ0) is 15.8. The maximum atomic E-state index is 11.9. The lowest BCUT2D eigenvalue weighted by molar-refractivity contribution is 0.581. The predicted octanol–water partition coefficient (Wildman–Crippen LogP) is 3.16. The molecule has 0 aromatic heterocycles. The average Bonchev–Trinajstić information content (AvgIpc) is 2.55. The summed E-state index contributed by atoms with van der Waals surface area (Å²) in [5.74, 6) is 0.0872. The molecule has 0 aliphatic rings. The average molecular weight is 316 g/mol. The molecular weight excluding hydrogens is 296 g/mol. The number of benzene rings is 2. The number of rotatable bonds is 7. The van der Waals surface area contributed by atoms with Crippen LogP contribution >= 0.6 is 0 Å². The lowest BCUT2D eigenvalue weighted by Crippen LogP contribution is -2.23. The number of nitrogens with one attached hydrogen (secondary N) is 1. The fourth-order valence-corrected chi connectivity index (χ4v) is 2.97. The Kier molecular flexibility index (Phi) is 5.72. The standard InChI is InChI=1S/C17H20N2O2S/c1-2-3-14-22(20,21)19-18-17(15-10-6-4-7-11-15)16-12-8-5-9-13-16/h4-13,19H,2-3,14H2,1H3. The van der Waals surface area contributed by atoms with Gasteiger partial charge in [-0.15, -0.1) is 0 Å². The van der Waals surface area contributed by atoms with Crippen molar-refractivity contribution < 1.29 is 8.42 Å². The first-order valence-corrected chi connectivity index (χ1v) is 8.95. The number of hydrogen-bond donors (Lipinski definition) is 1. The Labute approximate surface area is 131 Å². The normalized spacial score (nSPS) is 11.0. The van der Waals surface area contributed by atoms with E-state index in [0.717, 1.165) is 17.5 Å². The minimum Gasteiger partial charge on any atom is -0.205 e. The Balaban J connectivity index is 2.32. The van der Waals surface area contributed by atoms with Crippen molar-refractivity contribution in [2.45, 2.75) is 19.8 Å². The molecule has 0 radical (unpaired) electrons. The van der Waals surface area contributed by atoms with Crippen LogP contribution < -0.4 is 4.83 Å². The van der Waals surface area contributed by atoms with Crippen LogP contribution in [0.2, 0.25) is 0 Å². The molecule has 0 unspecified atom stereocenters. The van der Waals surface area contributed by atoms with Gasteiger partial charge in [0, 0.05) is 11.1 Å². The van der Waals surface area contributed by atoms with Gasteiger partial charge in [-0.25, -0.2) is 13.2 Å². The Hall–Kier alpha value is -2.14. The number of sulfonamides is 1. The molecule has 0 aliphatic carbocycles. The highest BCUT2D eigenvalue weighted by atomic mass is 32.2. The van der Waals surface area contributed by atoms with Gasteiger partial charge in [-0.3, -0.25) is 0 Å². The number of hydrogen-bond acceptors (Lipinski definition) is 3.